The summed E-state index contributed by atoms with van der Waals surface area (Å²) < 4.78 is 12.5. The van der Waals surface area contributed by atoms with Crippen LogP contribution >= 0.6 is 24.0 Å². The van der Waals surface area contributed by atoms with Crippen molar-refractivity contribution in [1.82, 2.24) is 15.1 Å². The Morgan fingerprint density at radius 3 is 2.52 bits per heavy atom. The Kier molecular flexibility index (Phi) is 8.78. The molecule has 0 radical (unpaired) electrons. The molecule has 0 aliphatic rings. The third-order valence-electron chi connectivity index (χ3n) is 4.35. The summed E-state index contributed by atoms with van der Waals surface area (Å²) in [6, 6.07) is 15.8. The Bertz CT molecular complexity index is 929. The predicted octanol–water partition coefficient (Wildman–Crippen LogP) is 3.17. The Hall–Kier alpha value is -2.75. The first kappa shape index (κ1) is 22.5. The van der Waals surface area contributed by atoms with Gasteiger partial charge in [-0.1, -0.05) is 30.3 Å². The highest BCUT2D eigenvalue weighted by Crippen LogP contribution is 2.27. The Morgan fingerprint density at radius 2 is 1.83 bits per heavy atom. The van der Waals surface area contributed by atoms with Gasteiger partial charge in [0, 0.05) is 18.9 Å². The zero-order chi connectivity index (χ0) is 19.8. The molecule has 154 valence electrons. The third-order valence-corrected chi connectivity index (χ3v) is 4.35. The zero-order valence-electron chi connectivity index (χ0n) is 16.5. The van der Waals surface area contributed by atoms with Gasteiger partial charge in [0.2, 0.25) is 0 Å². The number of nitrogens with zero attached hydrogens (tertiary/aromatic N) is 3. The van der Waals surface area contributed by atoms with Crippen LogP contribution in [-0.4, -0.2) is 30.0 Å². The van der Waals surface area contributed by atoms with Gasteiger partial charge in [0.05, 0.1) is 27.3 Å². The molecule has 0 bridgehead atoms. The van der Waals surface area contributed by atoms with Crippen molar-refractivity contribution in [2.24, 2.45) is 10.7 Å². The topological polar surface area (TPSA) is 86.7 Å². The monoisotopic (exact) mass is 507 g/mol. The summed E-state index contributed by atoms with van der Waals surface area (Å²) >= 11 is 0. The average molecular weight is 507 g/mol. The van der Waals surface area contributed by atoms with Gasteiger partial charge in [-0.3, -0.25) is 4.68 Å². The molecule has 0 saturated carbocycles. The van der Waals surface area contributed by atoms with Gasteiger partial charge in [-0.2, -0.15) is 5.10 Å². The van der Waals surface area contributed by atoms with E-state index < -0.39 is 0 Å². The fourth-order valence-electron chi connectivity index (χ4n) is 2.85. The zero-order valence-corrected chi connectivity index (χ0v) is 18.9. The van der Waals surface area contributed by atoms with E-state index in [2.05, 4.69) is 27.5 Å². The summed E-state index contributed by atoms with van der Waals surface area (Å²) in [5, 5.41) is 7.45. The molecule has 29 heavy (non-hydrogen) atoms. The largest absolute Gasteiger partial charge is 0.493 e. The van der Waals surface area contributed by atoms with Crippen molar-refractivity contribution in [2.75, 3.05) is 14.2 Å². The molecule has 0 saturated heterocycles. The minimum Gasteiger partial charge on any atom is -0.493 e. The van der Waals surface area contributed by atoms with E-state index in [-0.39, 0.29) is 24.0 Å². The lowest BCUT2D eigenvalue weighted by molar-refractivity contribution is 0.354. The van der Waals surface area contributed by atoms with Crippen molar-refractivity contribution in [3.05, 3.63) is 77.6 Å². The molecule has 0 aliphatic heterocycles. The number of ether oxygens (including phenoxy) is 2. The van der Waals surface area contributed by atoms with Gasteiger partial charge < -0.3 is 20.5 Å². The maximum Gasteiger partial charge on any atom is 0.189 e. The van der Waals surface area contributed by atoms with Crippen LogP contribution in [0.25, 0.3) is 0 Å². The van der Waals surface area contributed by atoms with Crippen LogP contribution in [-0.2, 0) is 19.6 Å². The SMILES string of the molecule is COc1ccc(CN=C(N)NCc2ccccc2Cn2cccn2)cc1OC.I. The third kappa shape index (κ3) is 6.38. The van der Waals surface area contributed by atoms with Crippen LogP contribution in [0.5, 0.6) is 11.5 Å². The molecule has 3 N–H and O–H groups in total. The highest BCUT2D eigenvalue weighted by atomic mass is 127. The molecular weight excluding hydrogens is 481 g/mol. The van der Waals surface area contributed by atoms with Crippen LogP contribution in [0.1, 0.15) is 16.7 Å². The van der Waals surface area contributed by atoms with E-state index in [0.717, 1.165) is 11.1 Å². The van der Waals surface area contributed by atoms with E-state index >= 15 is 0 Å². The second-order valence-corrected chi connectivity index (χ2v) is 6.22. The number of benzene rings is 2. The van der Waals surface area contributed by atoms with Crippen LogP contribution in [0, 0.1) is 0 Å². The molecular formula is C21H26IN5O2. The number of nitrogens with two attached hydrogens (primary N) is 1. The first-order valence-corrected chi connectivity index (χ1v) is 8.98. The number of nitrogens with one attached hydrogen (secondary N) is 1. The second-order valence-electron chi connectivity index (χ2n) is 6.22. The number of guanidine groups is 1. The van der Waals surface area contributed by atoms with Gasteiger partial charge in [-0.05, 0) is 34.9 Å². The van der Waals surface area contributed by atoms with E-state index in [4.69, 9.17) is 15.2 Å². The fraction of sp³-hybridized carbons (Fsp3) is 0.238. The van der Waals surface area contributed by atoms with Crippen molar-refractivity contribution >= 4 is 29.9 Å². The van der Waals surface area contributed by atoms with Gasteiger partial charge >= 0.3 is 0 Å². The summed E-state index contributed by atoms with van der Waals surface area (Å²) in [4.78, 5) is 4.42. The molecule has 8 heteroatoms. The first-order chi connectivity index (χ1) is 13.7. The molecule has 0 amide bonds. The van der Waals surface area contributed by atoms with Crippen molar-refractivity contribution in [2.45, 2.75) is 19.6 Å². The van der Waals surface area contributed by atoms with Crippen molar-refractivity contribution in [3.63, 3.8) is 0 Å². The van der Waals surface area contributed by atoms with Crippen molar-refractivity contribution in [1.29, 1.82) is 0 Å². The number of rotatable bonds is 8. The van der Waals surface area contributed by atoms with Gasteiger partial charge in [0.15, 0.2) is 17.5 Å². The molecule has 0 atom stereocenters. The highest BCUT2D eigenvalue weighted by molar-refractivity contribution is 14.0. The fourth-order valence-corrected chi connectivity index (χ4v) is 2.85. The van der Waals surface area contributed by atoms with Crippen LogP contribution in [0.2, 0.25) is 0 Å². The number of aliphatic imine (C=N–C) groups is 1. The maximum absolute atomic E-state index is 6.05. The molecule has 2 aromatic carbocycles. The second kappa shape index (κ2) is 11.3. The Labute approximate surface area is 187 Å². The highest BCUT2D eigenvalue weighted by Gasteiger charge is 2.05. The Morgan fingerprint density at radius 1 is 1.07 bits per heavy atom. The maximum atomic E-state index is 6.05. The normalized spacial score (nSPS) is 10.9. The summed E-state index contributed by atoms with van der Waals surface area (Å²) in [5.74, 6) is 1.76. The van der Waals surface area contributed by atoms with Gasteiger partial charge in [-0.15, -0.1) is 24.0 Å². The van der Waals surface area contributed by atoms with E-state index in [1.54, 1.807) is 20.4 Å². The number of halogens is 1. The Balaban J connectivity index is 0.00000300. The van der Waals surface area contributed by atoms with E-state index in [1.807, 2.05) is 47.3 Å². The summed E-state index contributed by atoms with van der Waals surface area (Å²) in [6.45, 7) is 1.76. The molecule has 0 fully saturated rings. The minimum absolute atomic E-state index is 0. The van der Waals surface area contributed by atoms with Gasteiger partial charge in [-0.25, -0.2) is 4.99 Å². The molecule has 1 heterocycles. The molecule has 7 nitrogen and oxygen atoms in total. The molecule has 3 rings (SSSR count). The molecule has 1 aromatic heterocycles. The molecule has 0 unspecified atom stereocenters. The predicted molar refractivity (Wildman–Crippen MR) is 125 cm³/mol. The van der Waals surface area contributed by atoms with E-state index in [9.17, 15) is 0 Å². The quantitative estimate of drug-likeness (QED) is 0.278. The summed E-state index contributed by atoms with van der Waals surface area (Å²) in [7, 11) is 3.23. The van der Waals surface area contributed by atoms with Crippen LogP contribution < -0.4 is 20.5 Å². The lowest BCUT2D eigenvalue weighted by Crippen LogP contribution is -2.31. The average Bonchev–Trinajstić information content (AvgIpc) is 3.24. The van der Waals surface area contributed by atoms with Crippen LogP contribution in [0.4, 0.5) is 0 Å². The number of aromatic nitrogens is 2. The summed E-state index contributed by atoms with van der Waals surface area (Å²) in [5.41, 5.74) is 9.38. The molecule has 0 spiro atoms. The number of hydrogen-bond acceptors (Lipinski definition) is 4. The standard InChI is InChI=1S/C21H25N5O2.HI/c1-27-19-9-8-16(12-20(19)28-2)13-23-21(22)24-14-17-6-3-4-7-18(17)15-26-11-5-10-25-26;/h3-12H,13-15H2,1-2H3,(H3,22,23,24);1H. The lowest BCUT2D eigenvalue weighted by atomic mass is 10.1. The number of hydrogen-bond donors (Lipinski definition) is 2. The van der Waals surface area contributed by atoms with Gasteiger partial charge in [0.1, 0.15) is 0 Å². The minimum atomic E-state index is 0. The molecule has 0 aliphatic carbocycles. The van der Waals surface area contributed by atoms with Gasteiger partial charge in [0.25, 0.3) is 0 Å². The van der Waals surface area contributed by atoms with Crippen LogP contribution in [0.3, 0.4) is 0 Å². The van der Waals surface area contributed by atoms with Crippen LogP contribution in [0.15, 0.2) is 65.9 Å². The van der Waals surface area contributed by atoms with Crippen molar-refractivity contribution in [3.8, 4) is 11.5 Å². The first-order valence-electron chi connectivity index (χ1n) is 8.98. The van der Waals surface area contributed by atoms with E-state index in [0.29, 0.717) is 37.1 Å². The summed E-state index contributed by atoms with van der Waals surface area (Å²) in [6.07, 6.45) is 3.73. The van der Waals surface area contributed by atoms with E-state index in [1.165, 1.54) is 5.56 Å². The van der Waals surface area contributed by atoms with Crippen molar-refractivity contribution < 1.29 is 9.47 Å². The molecule has 3 aromatic rings. The number of methoxy groups -OCH3 is 2. The lowest BCUT2D eigenvalue weighted by Gasteiger charge is -2.12. The smallest absolute Gasteiger partial charge is 0.189 e.